The molecule has 2 aromatic rings. The maximum atomic E-state index is 11.2. The highest BCUT2D eigenvalue weighted by Crippen LogP contribution is 2.19. The van der Waals surface area contributed by atoms with Crippen molar-refractivity contribution in [2.45, 2.75) is 0 Å². The van der Waals surface area contributed by atoms with Crippen LogP contribution in [0.3, 0.4) is 0 Å². The maximum Gasteiger partial charge on any atom is 0.234 e. The summed E-state index contributed by atoms with van der Waals surface area (Å²) in [6.07, 6.45) is 0. The van der Waals surface area contributed by atoms with Gasteiger partial charge in [0.15, 0.2) is 0 Å². The van der Waals surface area contributed by atoms with Gasteiger partial charge < -0.3 is 5.32 Å². The second-order valence-corrected chi connectivity index (χ2v) is 4.53. The molecule has 0 saturated heterocycles. The summed E-state index contributed by atoms with van der Waals surface area (Å²) >= 11 is 2.02. The van der Waals surface area contributed by atoms with Crippen molar-refractivity contribution in [3.05, 3.63) is 54.6 Å². The van der Waals surface area contributed by atoms with Gasteiger partial charge in [-0.1, -0.05) is 40.8 Å². The summed E-state index contributed by atoms with van der Waals surface area (Å²) in [5, 5.41) is 11.0. The Hall–Kier alpha value is -1.76. The summed E-state index contributed by atoms with van der Waals surface area (Å²) in [5.41, 5.74) is 2.32. The van der Waals surface area contributed by atoms with Crippen molar-refractivity contribution in [1.29, 1.82) is 0 Å². The number of hydrogen-bond donors (Lipinski definition) is 1. The van der Waals surface area contributed by atoms with Gasteiger partial charge in [0.05, 0.1) is 15.8 Å². The normalized spacial score (nSPS) is 10.6. The highest BCUT2D eigenvalue weighted by atomic mass is 127. The van der Waals surface area contributed by atoms with Gasteiger partial charge in [0.1, 0.15) is 0 Å². The number of carbonyl (C=O) groups excluding carboxylic acids is 1. The van der Waals surface area contributed by atoms with Crippen molar-refractivity contribution in [2.24, 2.45) is 10.2 Å². The average molecular weight is 365 g/mol. The van der Waals surface area contributed by atoms with E-state index in [0.29, 0.717) is 4.43 Å². The van der Waals surface area contributed by atoms with Crippen molar-refractivity contribution < 1.29 is 4.79 Å². The fraction of sp³-hybridized carbons (Fsp3) is 0.0714. The Morgan fingerprint density at radius 2 is 1.53 bits per heavy atom. The Morgan fingerprint density at radius 1 is 0.947 bits per heavy atom. The van der Waals surface area contributed by atoms with Crippen molar-refractivity contribution in [2.75, 3.05) is 9.74 Å². The molecule has 0 saturated carbocycles. The van der Waals surface area contributed by atoms with Crippen LogP contribution in [0.25, 0.3) is 0 Å². The van der Waals surface area contributed by atoms with Crippen molar-refractivity contribution in [3.8, 4) is 0 Å². The van der Waals surface area contributed by atoms with Gasteiger partial charge in [-0.15, -0.1) is 0 Å². The summed E-state index contributed by atoms with van der Waals surface area (Å²) in [7, 11) is 0. The topological polar surface area (TPSA) is 53.8 Å². The van der Waals surface area contributed by atoms with E-state index in [9.17, 15) is 4.79 Å². The van der Waals surface area contributed by atoms with Crippen LogP contribution in [0.4, 0.5) is 17.1 Å². The summed E-state index contributed by atoms with van der Waals surface area (Å²) in [6, 6.07) is 16.8. The first kappa shape index (κ1) is 13.7. The molecule has 19 heavy (non-hydrogen) atoms. The number of nitrogens with one attached hydrogen (secondary N) is 1. The standard InChI is InChI=1S/C14H12IN3O/c15-10-14(19)16-11-6-8-13(9-7-11)18-17-12-4-2-1-3-5-12/h1-9H,10H2,(H,16,19). The summed E-state index contributed by atoms with van der Waals surface area (Å²) in [5.74, 6) is -0.0146. The largest absolute Gasteiger partial charge is 0.325 e. The van der Waals surface area contributed by atoms with E-state index >= 15 is 0 Å². The SMILES string of the molecule is O=C(CI)Nc1ccc(N=Nc2ccccc2)cc1. The number of alkyl halides is 1. The summed E-state index contributed by atoms with van der Waals surface area (Å²) < 4.78 is 0.438. The lowest BCUT2D eigenvalue weighted by Gasteiger charge is -2.02. The maximum absolute atomic E-state index is 11.2. The lowest BCUT2D eigenvalue weighted by molar-refractivity contribution is -0.113. The Labute approximate surface area is 125 Å². The number of anilines is 1. The highest BCUT2D eigenvalue weighted by molar-refractivity contribution is 14.1. The summed E-state index contributed by atoms with van der Waals surface area (Å²) in [4.78, 5) is 11.2. The molecule has 0 aromatic heterocycles. The average Bonchev–Trinajstić information content (AvgIpc) is 2.47. The molecule has 0 heterocycles. The first-order valence-electron chi connectivity index (χ1n) is 5.70. The molecule has 0 unspecified atom stereocenters. The van der Waals surface area contributed by atoms with E-state index in [2.05, 4.69) is 15.5 Å². The predicted molar refractivity (Wildman–Crippen MR) is 84.6 cm³/mol. The van der Waals surface area contributed by atoms with Gasteiger partial charge in [-0.2, -0.15) is 10.2 Å². The van der Waals surface area contributed by atoms with Gasteiger partial charge >= 0.3 is 0 Å². The van der Waals surface area contributed by atoms with E-state index in [-0.39, 0.29) is 5.91 Å². The van der Waals surface area contributed by atoms with Gasteiger partial charge in [-0.25, -0.2) is 0 Å². The number of nitrogens with zero attached hydrogens (tertiary/aromatic N) is 2. The van der Waals surface area contributed by atoms with Crippen LogP contribution in [0.5, 0.6) is 0 Å². The van der Waals surface area contributed by atoms with Crippen LogP contribution in [0.15, 0.2) is 64.8 Å². The molecule has 0 aliphatic heterocycles. The zero-order valence-corrected chi connectivity index (χ0v) is 12.2. The molecule has 2 aromatic carbocycles. The fourth-order valence-corrected chi connectivity index (χ4v) is 1.61. The Bertz CT molecular complexity index is 567. The van der Waals surface area contributed by atoms with E-state index in [4.69, 9.17) is 0 Å². The Balaban J connectivity index is 2.03. The fourth-order valence-electron chi connectivity index (χ4n) is 1.42. The van der Waals surface area contributed by atoms with Crippen molar-refractivity contribution in [3.63, 3.8) is 0 Å². The Kier molecular flexibility index (Phi) is 5.02. The molecule has 1 amide bonds. The molecule has 2 rings (SSSR count). The highest BCUT2D eigenvalue weighted by Gasteiger charge is 1.99. The number of carbonyl (C=O) groups is 1. The summed E-state index contributed by atoms with van der Waals surface area (Å²) in [6.45, 7) is 0. The molecule has 1 N–H and O–H groups in total. The smallest absolute Gasteiger partial charge is 0.234 e. The van der Waals surface area contributed by atoms with Crippen LogP contribution in [-0.2, 0) is 4.79 Å². The number of amides is 1. The van der Waals surface area contributed by atoms with E-state index < -0.39 is 0 Å². The van der Waals surface area contributed by atoms with Crippen LogP contribution in [0, 0.1) is 0 Å². The monoisotopic (exact) mass is 365 g/mol. The minimum atomic E-state index is -0.0146. The van der Waals surface area contributed by atoms with Gasteiger partial charge in [0.2, 0.25) is 5.91 Å². The first-order chi connectivity index (χ1) is 9.28. The lowest BCUT2D eigenvalue weighted by atomic mass is 10.3. The quantitative estimate of drug-likeness (QED) is 0.485. The van der Waals surface area contributed by atoms with Crippen molar-refractivity contribution >= 4 is 45.6 Å². The molecular weight excluding hydrogens is 353 g/mol. The third kappa shape index (κ3) is 4.44. The molecule has 5 heteroatoms. The molecule has 0 aliphatic carbocycles. The molecule has 0 aliphatic rings. The van der Waals surface area contributed by atoms with E-state index in [1.807, 2.05) is 77.2 Å². The van der Waals surface area contributed by atoms with E-state index in [0.717, 1.165) is 17.1 Å². The first-order valence-corrected chi connectivity index (χ1v) is 7.23. The second kappa shape index (κ2) is 6.98. The van der Waals surface area contributed by atoms with Gasteiger partial charge in [-0.3, -0.25) is 4.79 Å². The van der Waals surface area contributed by atoms with Crippen molar-refractivity contribution in [1.82, 2.24) is 0 Å². The zero-order chi connectivity index (χ0) is 13.5. The van der Waals surface area contributed by atoms with Crippen LogP contribution in [0.1, 0.15) is 0 Å². The Morgan fingerprint density at radius 3 is 2.11 bits per heavy atom. The minimum absolute atomic E-state index is 0.0146. The van der Waals surface area contributed by atoms with E-state index in [1.54, 1.807) is 0 Å². The van der Waals surface area contributed by atoms with Gasteiger partial charge in [0, 0.05) is 5.69 Å². The predicted octanol–water partition coefficient (Wildman–Crippen LogP) is 4.48. The molecule has 0 bridgehead atoms. The molecule has 4 nitrogen and oxygen atoms in total. The number of hydrogen-bond acceptors (Lipinski definition) is 3. The molecule has 0 radical (unpaired) electrons. The van der Waals surface area contributed by atoms with Crippen LogP contribution in [0.2, 0.25) is 0 Å². The van der Waals surface area contributed by atoms with Crippen LogP contribution >= 0.6 is 22.6 Å². The molecule has 0 atom stereocenters. The van der Waals surface area contributed by atoms with Gasteiger partial charge in [0.25, 0.3) is 0 Å². The molecule has 0 spiro atoms. The van der Waals surface area contributed by atoms with Crippen LogP contribution < -0.4 is 5.32 Å². The third-order valence-electron chi connectivity index (χ3n) is 2.31. The second-order valence-electron chi connectivity index (χ2n) is 3.76. The number of benzene rings is 2. The number of azo groups is 1. The molecular formula is C14H12IN3O. The third-order valence-corrected chi connectivity index (χ3v) is 3.00. The molecule has 96 valence electrons. The minimum Gasteiger partial charge on any atom is -0.325 e. The van der Waals surface area contributed by atoms with Crippen LogP contribution in [-0.4, -0.2) is 10.3 Å². The zero-order valence-electron chi connectivity index (χ0n) is 10.1. The van der Waals surface area contributed by atoms with Gasteiger partial charge in [-0.05, 0) is 36.4 Å². The number of halogens is 1. The molecule has 0 fully saturated rings. The number of rotatable bonds is 4. The van der Waals surface area contributed by atoms with E-state index in [1.165, 1.54) is 0 Å². The lowest BCUT2D eigenvalue weighted by Crippen LogP contribution is -2.11.